The Bertz CT molecular complexity index is 2000. The number of aryl methyl sites for hydroxylation is 1. The molecule has 0 aliphatic carbocycles. The SMILES string of the molecule is Cc1c(-c2cc(O)cc3ccc(F)c(-c4c[nH]nn4)c23)oc(=O)c2c(N3CCC3)nc(OC[C@@]34CCCN3C[C@H](F)C4)nc12. The molecule has 2 N–H and O–H groups in total. The van der Waals surface area contributed by atoms with Gasteiger partial charge in [0, 0.05) is 48.1 Å². The minimum absolute atomic E-state index is 0.0940. The number of halogens is 2. The Labute approximate surface area is 249 Å². The van der Waals surface area contributed by atoms with Gasteiger partial charge in [0.05, 0.1) is 17.3 Å². The van der Waals surface area contributed by atoms with E-state index in [0.29, 0.717) is 59.3 Å². The zero-order chi connectivity index (χ0) is 30.2. The number of H-pyrrole nitrogens is 1. The standard InChI is InChI=1S/C31H29F2N7O4/c1-16-26-25(28(39-7-3-8-39)36-30(35-26)43-15-31-6-2-9-40(31)14-18(32)12-31)29(42)44-27(16)20-11-19(41)10-17-4-5-21(33)24(23(17)20)22-13-34-38-37-22/h4-5,10-11,13,18,41H,2-3,6-9,12,14-15H2,1H3,(H,34,37,38)/t18-,31+/m1/s1. The predicted molar refractivity (Wildman–Crippen MR) is 158 cm³/mol. The van der Waals surface area contributed by atoms with E-state index in [1.165, 1.54) is 24.4 Å². The van der Waals surface area contributed by atoms with Crippen LogP contribution in [0.2, 0.25) is 0 Å². The summed E-state index contributed by atoms with van der Waals surface area (Å²) < 4.78 is 42.0. The fourth-order valence-corrected chi connectivity index (χ4v) is 7.12. The van der Waals surface area contributed by atoms with E-state index in [1.54, 1.807) is 13.0 Å². The van der Waals surface area contributed by atoms with Crippen molar-refractivity contribution in [1.82, 2.24) is 30.3 Å². The number of fused-ring (bicyclic) bond motifs is 3. The van der Waals surface area contributed by atoms with Crippen LogP contribution in [0, 0.1) is 12.7 Å². The van der Waals surface area contributed by atoms with Crippen LogP contribution in [0.3, 0.4) is 0 Å². The summed E-state index contributed by atoms with van der Waals surface area (Å²) in [7, 11) is 0. The number of phenols is 1. The highest BCUT2D eigenvalue weighted by molar-refractivity contribution is 6.07. The van der Waals surface area contributed by atoms with Crippen LogP contribution in [0.5, 0.6) is 11.8 Å². The molecule has 3 saturated heterocycles. The van der Waals surface area contributed by atoms with Crippen LogP contribution in [0.15, 0.2) is 39.7 Å². The van der Waals surface area contributed by atoms with E-state index in [1.807, 2.05) is 4.90 Å². The molecule has 3 aliphatic heterocycles. The van der Waals surface area contributed by atoms with Crippen molar-refractivity contribution in [3.63, 3.8) is 0 Å². The summed E-state index contributed by atoms with van der Waals surface area (Å²) in [6.45, 7) is 4.65. The first-order valence-electron chi connectivity index (χ1n) is 14.8. The number of benzene rings is 2. The normalized spacial score (nSPS) is 21.7. The number of aromatic hydroxyl groups is 1. The average molecular weight is 602 g/mol. The molecular formula is C31H29F2N7O4. The van der Waals surface area contributed by atoms with Crippen molar-refractivity contribution in [1.29, 1.82) is 0 Å². The number of hydrogen-bond donors (Lipinski definition) is 2. The van der Waals surface area contributed by atoms with Gasteiger partial charge in [-0.15, -0.1) is 5.10 Å². The molecule has 0 radical (unpaired) electrons. The minimum Gasteiger partial charge on any atom is -0.508 e. The van der Waals surface area contributed by atoms with Crippen LogP contribution < -0.4 is 15.3 Å². The van der Waals surface area contributed by atoms with E-state index in [4.69, 9.17) is 14.1 Å². The Morgan fingerprint density at radius 1 is 1.18 bits per heavy atom. The summed E-state index contributed by atoms with van der Waals surface area (Å²) in [5.41, 5.74) is 0.441. The van der Waals surface area contributed by atoms with E-state index in [2.05, 4.69) is 25.3 Å². The van der Waals surface area contributed by atoms with Crippen molar-refractivity contribution in [3.8, 4) is 34.3 Å². The monoisotopic (exact) mass is 601 g/mol. The molecule has 11 nitrogen and oxygen atoms in total. The Hall–Kier alpha value is -4.65. The number of nitrogens with one attached hydrogen (secondary N) is 1. The largest absolute Gasteiger partial charge is 0.508 e. The predicted octanol–water partition coefficient (Wildman–Crippen LogP) is 4.51. The maximum Gasteiger partial charge on any atom is 0.349 e. The molecule has 5 aromatic rings. The number of alkyl halides is 1. The molecule has 44 heavy (non-hydrogen) atoms. The van der Waals surface area contributed by atoms with Gasteiger partial charge in [0.15, 0.2) is 5.82 Å². The molecule has 0 spiro atoms. The third-order valence-corrected chi connectivity index (χ3v) is 9.32. The van der Waals surface area contributed by atoms with Crippen molar-refractivity contribution in [2.75, 3.05) is 37.7 Å². The van der Waals surface area contributed by atoms with E-state index in [0.717, 1.165) is 25.8 Å². The zero-order valence-electron chi connectivity index (χ0n) is 23.9. The topological polar surface area (TPSA) is 134 Å². The lowest BCUT2D eigenvalue weighted by Gasteiger charge is -2.33. The summed E-state index contributed by atoms with van der Waals surface area (Å²) in [4.78, 5) is 27.2. The van der Waals surface area contributed by atoms with Crippen LogP contribution in [-0.2, 0) is 0 Å². The van der Waals surface area contributed by atoms with Gasteiger partial charge in [-0.1, -0.05) is 11.3 Å². The molecule has 6 heterocycles. The molecule has 0 bridgehead atoms. The third kappa shape index (κ3) is 4.13. The summed E-state index contributed by atoms with van der Waals surface area (Å²) >= 11 is 0. The lowest BCUT2D eigenvalue weighted by molar-refractivity contribution is 0.107. The Morgan fingerprint density at radius 2 is 2.05 bits per heavy atom. The Morgan fingerprint density at radius 3 is 2.82 bits per heavy atom. The van der Waals surface area contributed by atoms with Gasteiger partial charge in [0.2, 0.25) is 0 Å². The van der Waals surface area contributed by atoms with Gasteiger partial charge in [-0.2, -0.15) is 9.97 Å². The van der Waals surface area contributed by atoms with Crippen LogP contribution in [0.4, 0.5) is 14.6 Å². The van der Waals surface area contributed by atoms with Crippen LogP contribution in [0.1, 0.15) is 31.2 Å². The summed E-state index contributed by atoms with van der Waals surface area (Å²) in [6, 6.07) is 5.86. The fraction of sp³-hybridized carbons (Fsp3) is 0.387. The number of anilines is 1. The first kappa shape index (κ1) is 26.9. The van der Waals surface area contributed by atoms with Crippen molar-refractivity contribution < 1.29 is 23.0 Å². The molecule has 2 aromatic carbocycles. The highest BCUT2D eigenvalue weighted by atomic mass is 19.1. The van der Waals surface area contributed by atoms with Crippen molar-refractivity contribution in [3.05, 3.63) is 52.3 Å². The van der Waals surface area contributed by atoms with Gasteiger partial charge in [-0.05, 0) is 56.3 Å². The first-order chi connectivity index (χ1) is 21.3. The van der Waals surface area contributed by atoms with Gasteiger partial charge in [0.25, 0.3) is 0 Å². The van der Waals surface area contributed by atoms with Gasteiger partial charge in [-0.3, -0.25) is 10.00 Å². The number of ether oxygens (including phenoxy) is 1. The summed E-state index contributed by atoms with van der Waals surface area (Å²) in [5, 5.41) is 22.1. The lowest BCUT2D eigenvalue weighted by Crippen LogP contribution is -2.43. The number of phenolic OH excluding ortho intramolecular Hbond substituents is 1. The Kier molecular flexibility index (Phi) is 6.09. The lowest BCUT2D eigenvalue weighted by atomic mass is 9.93. The molecular weight excluding hydrogens is 572 g/mol. The Balaban J connectivity index is 1.32. The van der Waals surface area contributed by atoms with E-state index < -0.39 is 23.2 Å². The van der Waals surface area contributed by atoms with Gasteiger partial charge < -0.3 is 19.2 Å². The summed E-state index contributed by atoms with van der Waals surface area (Å²) in [6.07, 6.45) is 3.74. The molecule has 0 amide bonds. The van der Waals surface area contributed by atoms with E-state index in [9.17, 15) is 14.3 Å². The number of hydrogen-bond acceptors (Lipinski definition) is 10. The number of rotatable bonds is 6. The zero-order valence-corrected chi connectivity index (χ0v) is 23.9. The molecule has 8 rings (SSSR count). The van der Waals surface area contributed by atoms with Crippen LogP contribution >= 0.6 is 0 Å². The van der Waals surface area contributed by atoms with Crippen LogP contribution in [-0.4, -0.2) is 79.9 Å². The third-order valence-electron chi connectivity index (χ3n) is 9.32. The van der Waals surface area contributed by atoms with Gasteiger partial charge in [0.1, 0.15) is 41.2 Å². The molecule has 0 saturated carbocycles. The number of nitrogens with zero attached hydrogens (tertiary/aromatic N) is 6. The molecule has 13 heteroatoms. The average Bonchev–Trinajstić information content (AvgIpc) is 3.69. The molecule has 226 valence electrons. The maximum atomic E-state index is 15.4. The molecule has 2 atom stereocenters. The second-order valence-electron chi connectivity index (χ2n) is 12.0. The fourth-order valence-electron chi connectivity index (χ4n) is 7.12. The van der Waals surface area contributed by atoms with Gasteiger partial charge >= 0.3 is 11.6 Å². The molecule has 3 aliphatic rings. The van der Waals surface area contributed by atoms with E-state index >= 15 is 4.39 Å². The second-order valence-corrected chi connectivity index (χ2v) is 12.0. The van der Waals surface area contributed by atoms with E-state index in [-0.39, 0.29) is 40.8 Å². The maximum absolute atomic E-state index is 15.4. The van der Waals surface area contributed by atoms with Gasteiger partial charge in [-0.25, -0.2) is 13.6 Å². The summed E-state index contributed by atoms with van der Waals surface area (Å²) in [5.74, 6) is -0.108. The molecule has 3 aromatic heterocycles. The highest BCUT2D eigenvalue weighted by Gasteiger charge is 2.49. The number of aromatic amines is 1. The highest BCUT2D eigenvalue weighted by Crippen LogP contribution is 2.43. The van der Waals surface area contributed by atoms with Crippen LogP contribution in [0.25, 0.3) is 44.3 Å². The minimum atomic E-state index is -0.897. The number of aromatic nitrogens is 5. The second kappa shape index (κ2) is 9.94. The smallest absolute Gasteiger partial charge is 0.349 e. The van der Waals surface area contributed by atoms with Crippen molar-refractivity contribution in [2.45, 2.75) is 44.3 Å². The molecule has 0 unspecified atom stereocenters. The molecule has 3 fully saturated rings. The quantitative estimate of drug-likeness (QED) is 0.286. The van der Waals surface area contributed by atoms with Crippen molar-refractivity contribution >= 4 is 27.5 Å². The van der Waals surface area contributed by atoms with Crippen molar-refractivity contribution in [2.24, 2.45) is 0 Å². The first-order valence-corrected chi connectivity index (χ1v) is 14.8.